The quantitative estimate of drug-likeness (QED) is 0.764. The van der Waals surface area contributed by atoms with Gasteiger partial charge in [0.25, 0.3) is 5.91 Å². The molecule has 3 rings (SSSR count). The van der Waals surface area contributed by atoms with E-state index in [0.717, 1.165) is 30.4 Å². The Balaban J connectivity index is 1.98. The van der Waals surface area contributed by atoms with E-state index >= 15 is 0 Å². The Kier molecular flexibility index (Phi) is 5.15. The predicted octanol–water partition coefficient (Wildman–Crippen LogP) is 4.26. The molecule has 1 amide bonds. The van der Waals surface area contributed by atoms with Gasteiger partial charge in [-0.05, 0) is 39.2 Å². The Morgan fingerprint density at radius 1 is 1.27 bits per heavy atom. The molecule has 2 heterocycles. The van der Waals surface area contributed by atoms with Gasteiger partial charge in [0.15, 0.2) is 0 Å². The highest BCUT2D eigenvalue weighted by Crippen LogP contribution is 2.37. The minimum atomic E-state index is -0.348. The van der Waals surface area contributed by atoms with Crippen LogP contribution in [0.5, 0.6) is 0 Å². The van der Waals surface area contributed by atoms with Crippen LogP contribution in [0.15, 0.2) is 58.9 Å². The molecule has 0 aliphatic carbocycles. The SMILES string of the molecule is CCCC1=C(C[N+]2(C(C)C)C=CC=N2)C(=O)NC(C)(c2ccccc2)C1. The Labute approximate surface area is 156 Å². The third-order valence-corrected chi connectivity index (χ3v) is 5.64. The maximum absolute atomic E-state index is 13.2. The number of rotatable bonds is 6. The van der Waals surface area contributed by atoms with Crippen molar-refractivity contribution in [3.05, 3.63) is 59.3 Å². The first-order valence-electron chi connectivity index (χ1n) is 9.60. The molecule has 0 bridgehead atoms. The summed E-state index contributed by atoms with van der Waals surface area (Å²) in [5, 5.41) is 7.97. The monoisotopic (exact) mass is 352 g/mol. The number of hydrogen-bond acceptors (Lipinski definition) is 2. The minimum Gasteiger partial charge on any atom is -0.343 e. The number of quaternary nitrogens is 1. The predicted molar refractivity (Wildman–Crippen MR) is 106 cm³/mol. The van der Waals surface area contributed by atoms with E-state index in [1.165, 1.54) is 5.57 Å². The molecule has 2 unspecified atom stereocenters. The number of nitrogens with one attached hydrogen (secondary N) is 1. The molecule has 0 aromatic heterocycles. The molecular formula is C22H30N3O+. The molecule has 2 aliphatic heterocycles. The van der Waals surface area contributed by atoms with Gasteiger partial charge in [-0.2, -0.15) is 4.59 Å². The summed E-state index contributed by atoms with van der Waals surface area (Å²) in [6.07, 6.45) is 8.77. The first-order chi connectivity index (χ1) is 12.4. The first kappa shape index (κ1) is 18.6. The molecule has 2 atom stereocenters. The number of benzene rings is 1. The van der Waals surface area contributed by atoms with Gasteiger partial charge >= 0.3 is 0 Å². The average Bonchev–Trinajstić information content (AvgIpc) is 3.09. The zero-order valence-corrected chi connectivity index (χ0v) is 16.3. The molecule has 0 fully saturated rings. The van der Waals surface area contributed by atoms with Gasteiger partial charge in [-0.15, -0.1) is 0 Å². The van der Waals surface area contributed by atoms with Crippen molar-refractivity contribution >= 4 is 12.1 Å². The second kappa shape index (κ2) is 7.20. The van der Waals surface area contributed by atoms with Crippen LogP contribution in [0.2, 0.25) is 0 Å². The lowest BCUT2D eigenvalue weighted by atomic mass is 9.79. The Morgan fingerprint density at radius 3 is 2.58 bits per heavy atom. The zero-order chi connectivity index (χ0) is 18.8. The van der Waals surface area contributed by atoms with Gasteiger partial charge in [-0.1, -0.05) is 54.4 Å². The fourth-order valence-electron chi connectivity index (χ4n) is 3.99. The molecule has 4 nitrogen and oxygen atoms in total. The van der Waals surface area contributed by atoms with E-state index < -0.39 is 0 Å². The molecule has 4 heteroatoms. The summed E-state index contributed by atoms with van der Waals surface area (Å²) in [5.41, 5.74) is 3.00. The van der Waals surface area contributed by atoms with E-state index in [4.69, 9.17) is 0 Å². The highest BCUT2D eigenvalue weighted by molar-refractivity contribution is 5.96. The van der Waals surface area contributed by atoms with Crippen molar-refractivity contribution < 1.29 is 9.39 Å². The van der Waals surface area contributed by atoms with Crippen LogP contribution in [0, 0.1) is 0 Å². The molecule has 0 radical (unpaired) electrons. The molecule has 26 heavy (non-hydrogen) atoms. The third-order valence-electron chi connectivity index (χ3n) is 5.64. The van der Waals surface area contributed by atoms with Crippen molar-refractivity contribution in [3.63, 3.8) is 0 Å². The van der Waals surface area contributed by atoms with Gasteiger partial charge in [-0.25, -0.2) is 0 Å². The van der Waals surface area contributed by atoms with Crippen molar-refractivity contribution in [3.8, 4) is 0 Å². The molecular weight excluding hydrogens is 322 g/mol. The highest BCUT2D eigenvalue weighted by atomic mass is 16.2. The summed E-state index contributed by atoms with van der Waals surface area (Å²) in [6, 6.07) is 10.6. The van der Waals surface area contributed by atoms with Gasteiger partial charge < -0.3 is 5.32 Å². The van der Waals surface area contributed by atoms with Crippen molar-refractivity contribution in [2.24, 2.45) is 5.10 Å². The fourth-order valence-corrected chi connectivity index (χ4v) is 3.99. The first-order valence-corrected chi connectivity index (χ1v) is 9.60. The van der Waals surface area contributed by atoms with Gasteiger partial charge in [0.2, 0.25) is 0 Å². The molecule has 1 aromatic carbocycles. The Bertz CT molecular complexity index is 749. The van der Waals surface area contributed by atoms with Crippen LogP contribution >= 0.6 is 0 Å². The van der Waals surface area contributed by atoms with Crippen molar-refractivity contribution in [2.45, 2.75) is 58.5 Å². The van der Waals surface area contributed by atoms with Crippen LogP contribution in [0.1, 0.15) is 52.5 Å². The molecule has 138 valence electrons. The van der Waals surface area contributed by atoms with Crippen molar-refractivity contribution in [2.75, 3.05) is 6.54 Å². The number of allylic oxidation sites excluding steroid dienone is 1. The lowest BCUT2D eigenvalue weighted by Gasteiger charge is -2.39. The smallest absolute Gasteiger partial charge is 0.253 e. The third kappa shape index (κ3) is 3.38. The van der Waals surface area contributed by atoms with Crippen molar-refractivity contribution in [1.82, 2.24) is 5.32 Å². The molecule has 0 saturated carbocycles. The summed E-state index contributed by atoms with van der Waals surface area (Å²) in [7, 11) is 0. The summed E-state index contributed by atoms with van der Waals surface area (Å²) in [4.78, 5) is 13.2. The van der Waals surface area contributed by atoms with Gasteiger partial charge in [0.05, 0.1) is 17.3 Å². The van der Waals surface area contributed by atoms with E-state index in [0.29, 0.717) is 11.1 Å². The standard InChI is InChI=1S/C22H29N3O/c1-5-10-18-15-22(4,19-11-7-6-8-12-19)24-21(26)20(18)16-25(17(2)3)14-9-13-23-25/h6-9,11-14,17H,5,10,15-16H2,1-4H3/p+1. The van der Waals surface area contributed by atoms with E-state index in [1.54, 1.807) is 0 Å². The lowest BCUT2D eigenvalue weighted by Crippen LogP contribution is -2.52. The lowest BCUT2D eigenvalue weighted by molar-refractivity contribution is -0.899. The number of nitrogens with zero attached hydrogens (tertiary/aromatic N) is 2. The molecule has 0 spiro atoms. The Morgan fingerprint density at radius 2 is 2.00 bits per heavy atom. The van der Waals surface area contributed by atoms with Crippen LogP contribution in [-0.2, 0) is 10.3 Å². The van der Waals surface area contributed by atoms with Crippen LogP contribution in [-0.4, -0.2) is 29.3 Å². The van der Waals surface area contributed by atoms with Crippen LogP contribution in [0.25, 0.3) is 0 Å². The molecule has 1 aromatic rings. The Hall–Kier alpha value is -2.20. The maximum Gasteiger partial charge on any atom is 0.253 e. The molecule has 1 N–H and O–H groups in total. The molecule has 0 saturated heterocycles. The van der Waals surface area contributed by atoms with Crippen LogP contribution in [0.4, 0.5) is 0 Å². The van der Waals surface area contributed by atoms with E-state index in [2.05, 4.69) is 56.4 Å². The average molecular weight is 353 g/mol. The summed E-state index contributed by atoms with van der Waals surface area (Å²) < 4.78 is 0.470. The highest BCUT2D eigenvalue weighted by Gasteiger charge is 2.41. The second-order valence-corrected chi connectivity index (χ2v) is 7.91. The normalized spacial score (nSPS) is 28.1. The fraction of sp³-hybridized carbons (Fsp3) is 0.455. The van der Waals surface area contributed by atoms with Crippen LogP contribution < -0.4 is 5.32 Å². The number of carbonyl (C=O) groups is 1. The van der Waals surface area contributed by atoms with E-state index in [-0.39, 0.29) is 17.5 Å². The van der Waals surface area contributed by atoms with Crippen LogP contribution in [0.3, 0.4) is 0 Å². The number of amides is 1. The topological polar surface area (TPSA) is 41.5 Å². The minimum absolute atomic E-state index is 0.0553. The number of hydrogen-bond donors (Lipinski definition) is 1. The largest absolute Gasteiger partial charge is 0.343 e. The second-order valence-electron chi connectivity index (χ2n) is 7.91. The summed E-state index contributed by atoms with van der Waals surface area (Å²) in [6.45, 7) is 9.24. The van der Waals surface area contributed by atoms with E-state index in [9.17, 15) is 4.79 Å². The van der Waals surface area contributed by atoms with Gasteiger partial charge in [-0.3, -0.25) is 4.79 Å². The maximum atomic E-state index is 13.2. The van der Waals surface area contributed by atoms with Crippen molar-refractivity contribution in [1.29, 1.82) is 0 Å². The summed E-state index contributed by atoms with van der Waals surface area (Å²) in [5.74, 6) is 0.0553. The summed E-state index contributed by atoms with van der Waals surface area (Å²) >= 11 is 0. The molecule has 2 aliphatic rings. The number of carbonyl (C=O) groups excluding carboxylic acids is 1. The zero-order valence-electron chi connectivity index (χ0n) is 16.3. The van der Waals surface area contributed by atoms with E-state index in [1.807, 2.05) is 30.5 Å². The van der Waals surface area contributed by atoms with Gasteiger partial charge in [0.1, 0.15) is 18.8 Å². The van der Waals surface area contributed by atoms with Gasteiger partial charge in [0, 0.05) is 6.08 Å².